The second-order valence-electron chi connectivity index (χ2n) is 10.9. The third-order valence-electron chi connectivity index (χ3n) is 8.47. The first kappa shape index (κ1) is 24.2. The largest absolute Gasteiger partial charge is 0.454 e. The molecule has 0 atom stereocenters. The fraction of sp³-hybridized carbons (Fsp3) is 0. The Bertz CT molecular complexity index is 2470. The zero-order chi connectivity index (χ0) is 28.3. The Morgan fingerprint density at radius 1 is 0.442 bits per heavy atom. The number of hydrogen-bond acceptors (Lipinski definition) is 3. The number of nitrogens with zero attached hydrogens (tertiary/aromatic N) is 1. The van der Waals surface area contributed by atoms with E-state index in [0.717, 1.165) is 39.0 Å². The Morgan fingerprint density at radius 2 is 1.14 bits per heavy atom. The molecule has 0 spiro atoms. The maximum absolute atomic E-state index is 6.61. The summed E-state index contributed by atoms with van der Waals surface area (Å²) in [6.07, 6.45) is 0. The Labute approximate surface area is 252 Å². The van der Waals surface area contributed by atoms with Gasteiger partial charge in [0, 0.05) is 42.0 Å². The maximum atomic E-state index is 6.61. The topological polar surface area (TPSA) is 16.4 Å². The highest BCUT2D eigenvalue weighted by Crippen LogP contribution is 2.47. The van der Waals surface area contributed by atoms with Gasteiger partial charge in [-0.05, 0) is 52.9 Å². The van der Waals surface area contributed by atoms with Gasteiger partial charge in [0.25, 0.3) is 0 Å². The van der Waals surface area contributed by atoms with Gasteiger partial charge in [-0.25, -0.2) is 0 Å². The Morgan fingerprint density at radius 3 is 2.02 bits per heavy atom. The molecule has 0 aliphatic carbocycles. The van der Waals surface area contributed by atoms with E-state index in [1.54, 1.807) is 0 Å². The molecular formula is C40H25NOS. The summed E-state index contributed by atoms with van der Waals surface area (Å²) in [7, 11) is 0. The predicted octanol–water partition coefficient (Wildman–Crippen LogP) is 12.2. The minimum Gasteiger partial charge on any atom is -0.454 e. The third kappa shape index (κ3) is 3.79. The van der Waals surface area contributed by atoms with Gasteiger partial charge in [-0.2, -0.15) is 0 Å². The number of thiophene rings is 1. The first-order valence-electron chi connectivity index (χ1n) is 14.5. The van der Waals surface area contributed by atoms with E-state index in [2.05, 4.69) is 150 Å². The van der Waals surface area contributed by atoms with Crippen LogP contribution >= 0.6 is 11.3 Å². The normalized spacial score (nSPS) is 11.7. The smallest absolute Gasteiger partial charge is 0.159 e. The Hall–Kier alpha value is -5.38. The highest BCUT2D eigenvalue weighted by atomic mass is 32.1. The lowest BCUT2D eigenvalue weighted by molar-refractivity contribution is 0.669. The van der Waals surface area contributed by atoms with Crippen LogP contribution in [0.25, 0.3) is 64.0 Å². The molecule has 9 rings (SSSR count). The van der Waals surface area contributed by atoms with E-state index in [1.807, 2.05) is 17.4 Å². The second kappa shape index (κ2) is 9.59. The Balaban J connectivity index is 1.35. The van der Waals surface area contributed by atoms with Gasteiger partial charge in [0.1, 0.15) is 5.58 Å². The molecule has 0 unspecified atom stereocenters. The average Bonchev–Trinajstić information content (AvgIpc) is 3.64. The van der Waals surface area contributed by atoms with Crippen molar-refractivity contribution in [3.8, 4) is 11.1 Å². The summed E-state index contributed by atoms with van der Waals surface area (Å²) in [5.74, 6) is 0. The van der Waals surface area contributed by atoms with Gasteiger partial charge >= 0.3 is 0 Å². The minimum atomic E-state index is 0.886. The number of rotatable bonds is 4. The van der Waals surface area contributed by atoms with Crippen molar-refractivity contribution in [3.05, 3.63) is 152 Å². The summed E-state index contributed by atoms with van der Waals surface area (Å²) in [6.45, 7) is 0. The summed E-state index contributed by atoms with van der Waals surface area (Å²) in [5.41, 5.74) is 7.45. The van der Waals surface area contributed by atoms with E-state index < -0.39 is 0 Å². The average molecular weight is 568 g/mol. The lowest BCUT2D eigenvalue weighted by Gasteiger charge is -2.27. The highest BCUT2D eigenvalue weighted by molar-refractivity contribution is 7.25. The zero-order valence-electron chi connectivity index (χ0n) is 23.2. The molecule has 202 valence electrons. The monoisotopic (exact) mass is 567 g/mol. The molecule has 0 saturated carbocycles. The van der Waals surface area contributed by atoms with Gasteiger partial charge in [0.2, 0.25) is 0 Å². The van der Waals surface area contributed by atoms with Crippen molar-refractivity contribution in [3.63, 3.8) is 0 Å². The molecule has 0 aliphatic rings. The number of furan rings is 1. The molecule has 0 N–H and O–H groups in total. The molecule has 0 saturated heterocycles. The first-order chi connectivity index (χ1) is 21.3. The number of hydrogen-bond donors (Lipinski definition) is 0. The molecule has 2 aromatic heterocycles. The molecule has 3 heteroatoms. The fourth-order valence-corrected chi connectivity index (χ4v) is 7.66. The Kier molecular flexibility index (Phi) is 5.40. The fourth-order valence-electron chi connectivity index (χ4n) is 6.52. The van der Waals surface area contributed by atoms with E-state index >= 15 is 0 Å². The quantitative estimate of drug-likeness (QED) is 0.210. The summed E-state index contributed by atoms with van der Waals surface area (Å²) in [5, 5.41) is 7.24. The predicted molar refractivity (Wildman–Crippen MR) is 184 cm³/mol. The minimum absolute atomic E-state index is 0.886. The summed E-state index contributed by atoms with van der Waals surface area (Å²) in [6, 6.07) is 54.2. The van der Waals surface area contributed by atoms with Crippen LogP contribution in [0.15, 0.2) is 156 Å². The summed E-state index contributed by atoms with van der Waals surface area (Å²) >= 11 is 1.84. The SMILES string of the molecule is c1ccc(-c2ccc(N(c3ccc4c(c3)sc3ccccc34)c3cccc4c3oc3ccccc34)c3ccccc23)cc1. The van der Waals surface area contributed by atoms with Crippen LogP contribution in [0.3, 0.4) is 0 Å². The number of para-hydroxylation sites is 2. The third-order valence-corrected chi connectivity index (χ3v) is 9.61. The maximum Gasteiger partial charge on any atom is 0.159 e. The molecule has 7 aromatic carbocycles. The van der Waals surface area contributed by atoms with Crippen molar-refractivity contribution in [1.82, 2.24) is 0 Å². The summed E-state index contributed by atoms with van der Waals surface area (Å²) < 4.78 is 9.18. The molecular weight excluding hydrogens is 543 g/mol. The molecule has 0 aliphatic heterocycles. The molecule has 0 bridgehead atoms. The van der Waals surface area contributed by atoms with Crippen molar-refractivity contribution in [1.29, 1.82) is 0 Å². The lowest BCUT2D eigenvalue weighted by atomic mass is 9.96. The first-order valence-corrected chi connectivity index (χ1v) is 15.3. The van der Waals surface area contributed by atoms with Crippen molar-refractivity contribution in [2.24, 2.45) is 0 Å². The molecule has 2 heterocycles. The van der Waals surface area contributed by atoms with Crippen LogP contribution in [0.5, 0.6) is 0 Å². The van der Waals surface area contributed by atoms with Crippen LogP contribution in [-0.4, -0.2) is 0 Å². The van der Waals surface area contributed by atoms with Gasteiger partial charge in [-0.3, -0.25) is 0 Å². The van der Waals surface area contributed by atoms with Crippen molar-refractivity contribution >= 4 is 81.3 Å². The van der Waals surface area contributed by atoms with E-state index in [1.165, 1.54) is 42.1 Å². The van der Waals surface area contributed by atoms with Crippen molar-refractivity contribution in [2.75, 3.05) is 4.90 Å². The van der Waals surface area contributed by atoms with Gasteiger partial charge < -0.3 is 9.32 Å². The van der Waals surface area contributed by atoms with E-state index in [0.29, 0.717) is 0 Å². The van der Waals surface area contributed by atoms with Crippen molar-refractivity contribution in [2.45, 2.75) is 0 Å². The molecule has 0 fully saturated rings. The second-order valence-corrected chi connectivity index (χ2v) is 12.0. The van der Waals surface area contributed by atoms with Gasteiger partial charge in [0.05, 0.1) is 11.4 Å². The number of anilines is 3. The van der Waals surface area contributed by atoms with Crippen molar-refractivity contribution < 1.29 is 4.42 Å². The highest BCUT2D eigenvalue weighted by Gasteiger charge is 2.22. The van der Waals surface area contributed by atoms with E-state index in [-0.39, 0.29) is 0 Å². The van der Waals surface area contributed by atoms with Gasteiger partial charge in [-0.15, -0.1) is 11.3 Å². The molecule has 0 radical (unpaired) electrons. The molecule has 43 heavy (non-hydrogen) atoms. The molecule has 2 nitrogen and oxygen atoms in total. The van der Waals surface area contributed by atoms with Crippen LogP contribution < -0.4 is 4.90 Å². The van der Waals surface area contributed by atoms with Crippen LogP contribution in [0, 0.1) is 0 Å². The van der Waals surface area contributed by atoms with Crippen LogP contribution in [0.2, 0.25) is 0 Å². The van der Waals surface area contributed by atoms with Crippen LogP contribution in [0.1, 0.15) is 0 Å². The number of fused-ring (bicyclic) bond motifs is 7. The number of benzene rings is 7. The molecule has 0 amide bonds. The van der Waals surface area contributed by atoms with E-state index in [9.17, 15) is 0 Å². The van der Waals surface area contributed by atoms with Crippen LogP contribution in [-0.2, 0) is 0 Å². The van der Waals surface area contributed by atoms with Gasteiger partial charge in [0.15, 0.2) is 5.58 Å². The van der Waals surface area contributed by atoms with E-state index in [4.69, 9.17) is 4.42 Å². The zero-order valence-corrected chi connectivity index (χ0v) is 24.0. The van der Waals surface area contributed by atoms with Crippen LogP contribution in [0.4, 0.5) is 17.1 Å². The standard InChI is InChI=1S/C40H25NOS/c1-2-11-26(12-3-1)28-23-24-35(30-14-5-4-13-29(28)30)41(27-21-22-33-32-16-7-9-20-38(32)43-39(33)25-27)36-18-10-17-34-31-15-6-8-19-37(31)42-40(34)36/h1-25H. The summed E-state index contributed by atoms with van der Waals surface area (Å²) in [4.78, 5) is 2.38. The molecule has 9 aromatic rings. The lowest BCUT2D eigenvalue weighted by Crippen LogP contribution is -2.11. The van der Waals surface area contributed by atoms with Gasteiger partial charge in [-0.1, -0.05) is 115 Å².